The van der Waals surface area contributed by atoms with Crippen LogP contribution in [-0.2, 0) is 13.0 Å². The second-order valence-electron chi connectivity index (χ2n) is 6.85. The van der Waals surface area contributed by atoms with Crippen LogP contribution in [0.4, 0.5) is 0 Å². The number of hydrogen-bond donors (Lipinski definition) is 0. The average molecular weight is 388 g/mol. The average Bonchev–Trinajstić information content (AvgIpc) is 3.15. The van der Waals surface area contributed by atoms with Gasteiger partial charge in [-0.25, -0.2) is 4.98 Å². The largest absolute Gasteiger partial charge is 0.292 e. The van der Waals surface area contributed by atoms with Gasteiger partial charge in [0.05, 0.1) is 18.3 Å². The van der Waals surface area contributed by atoms with Gasteiger partial charge in [0.1, 0.15) is 4.83 Å². The van der Waals surface area contributed by atoms with E-state index in [2.05, 4.69) is 24.0 Å². The molecule has 28 heavy (non-hydrogen) atoms. The molecular weight excluding hydrogens is 368 g/mol. The molecule has 4 nitrogen and oxygen atoms in total. The van der Waals surface area contributed by atoms with Crippen LogP contribution in [0.25, 0.3) is 21.3 Å². The van der Waals surface area contributed by atoms with E-state index < -0.39 is 0 Å². The summed E-state index contributed by atoms with van der Waals surface area (Å²) in [5.41, 5.74) is 4.62. The molecule has 0 unspecified atom stereocenters. The second-order valence-corrected chi connectivity index (χ2v) is 7.70. The topological polar surface area (TPSA) is 52.0 Å². The van der Waals surface area contributed by atoms with E-state index in [-0.39, 0.29) is 17.9 Å². The summed E-state index contributed by atoms with van der Waals surface area (Å²) >= 11 is 1.45. The molecule has 0 amide bonds. The Labute approximate surface area is 167 Å². The van der Waals surface area contributed by atoms with Crippen molar-refractivity contribution in [3.8, 4) is 11.1 Å². The molecule has 0 radical (unpaired) electrons. The van der Waals surface area contributed by atoms with E-state index in [1.807, 2.05) is 36.6 Å². The number of fused-ring (bicyclic) bond motifs is 1. The molecule has 0 N–H and O–H groups in total. The van der Waals surface area contributed by atoms with Crippen molar-refractivity contribution < 1.29 is 4.79 Å². The van der Waals surface area contributed by atoms with Crippen LogP contribution in [0, 0.1) is 6.92 Å². The zero-order chi connectivity index (χ0) is 19.7. The first-order valence-corrected chi connectivity index (χ1v) is 10.1. The normalized spacial score (nSPS) is 11.1. The van der Waals surface area contributed by atoms with Crippen molar-refractivity contribution in [1.82, 2.24) is 9.55 Å². The second kappa shape index (κ2) is 7.52. The Morgan fingerprint density at radius 2 is 1.79 bits per heavy atom. The highest BCUT2D eigenvalue weighted by Crippen LogP contribution is 2.30. The number of carbonyl (C=O) groups is 1. The van der Waals surface area contributed by atoms with Gasteiger partial charge in [-0.3, -0.25) is 14.2 Å². The van der Waals surface area contributed by atoms with Crippen LogP contribution >= 0.6 is 11.3 Å². The summed E-state index contributed by atoms with van der Waals surface area (Å²) in [5.74, 6) is -0.104. The molecule has 4 aromatic rings. The fourth-order valence-electron chi connectivity index (χ4n) is 3.20. The number of thiophene rings is 1. The maximum absolute atomic E-state index is 13.1. The number of nitrogens with zero attached hydrogens (tertiary/aromatic N) is 2. The number of carbonyl (C=O) groups excluding carboxylic acids is 1. The number of rotatable bonds is 5. The van der Waals surface area contributed by atoms with E-state index >= 15 is 0 Å². The van der Waals surface area contributed by atoms with Crippen molar-refractivity contribution in [2.24, 2.45) is 0 Å². The van der Waals surface area contributed by atoms with Crippen molar-refractivity contribution in [2.45, 2.75) is 26.8 Å². The molecule has 0 aliphatic carbocycles. The highest BCUT2D eigenvalue weighted by molar-refractivity contribution is 7.17. The van der Waals surface area contributed by atoms with Crippen LogP contribution in [0.5, 0.6) is 0 Å². The summed E-state index contributed by atoms with van der Waals surface area (Å²) in [5, 5.41) is 2.54. The van der Waals surface area contributed by atoms with Gasteiger partial charge in [0.15, 0.2) is 5.78 Å². The van der Waals surface area contributed by atoms with Gasteiger partial charge in [-0.15, -0.1) is 11.3 Å². The van der Waals surface area contributed by atoms with Crippen molar-refractivity contribution >= 4 is 27.3 Å². The molecule has 0 aliphatic rings. The zero-order valence-corrected chi connectivity index (χ0v) is 16.6. The highest BCUT2D eigenvalue weighted by Gasteiger charge is 2.15. The van der Waals surface area contributed by atoms with Crippen molar-refractivity contribution in [1.29, 1.82) is 0 Å². The smallest absolute Gasteiger partial charge is 0.263 e. The number of hydrogen-bond acceptors (Lipinski definition) is 4. The first kappa shape index (κ1) is 18.3. The zero-order valence-electron chi connectivity index (χ0n) is 15.8. The molecule has 0 saturated carbocycles. The Morgan fingerprint density at radius 1 is 1.07 bits per heavy atom. The minimum Gasteiger partial charge on any atom is -0.292 e. The Balaban J connectivity index is 1.72. The molecule has 0 fully saturated rings. The highest BCUT2D eigenvalue weighted by atomic mass is 32.1. The molecule has 2 aromatic carbocycles. The number of aryl methyl sites for hydroxylation is 2. The third-order valence-electron chi connectivity index (χ3n) is 4.92. The van der Waals surface area contributed by atoms with E-state index in [4.69, 9.17) is 0 Å². The van der Waals surface area contributed by atoms with E-state index in [9.17, 15) is 9.59 Å². The van der Waals surface area contributed by atoms with Gasteiger partial charge < -0.3 is 0 Å². The standard InChI is InChI=1S/C23H20N2O2S/c1-3-16-6-10-17(11-7-16)19-13-28-22-21(19)23(27)25(14-24-22)12-20(26)18-8-4-15(2)5-9-18/h4-11,13-14H,3,12H2,1-2H3. The van der Waals surface area contributed by atoms with E-state index in [0.717, 1.165) is 23.1 Å². The minimum atomic E-state index is -0.179. The van der Waals surface area contributed by atoms with Crippen LogP contribution < -0.4 is 5.56 Å². The molecule has 4 rings (SSSR count). The molecule has 2 heterocycles. The van der Waals surface area contributed by atoms with Crippen LogP contribution in [0.3, 0.4) is 0 Å². The van der Waals surface area contributed by atoms with E-state index in [1.165, 1.54) is 27.8 Å². The van der Waals surface area contributed by atoms with Crippen LogP contribution in [0.1, 0.15) is 28.4 Å². The fourth-order valence-corrected chi connectivity index (χ4v) is 4.10. The van der Waals surface area contributed by atoms with Gasteiger partial charge >= 0.3 is 0 Å². The van der Waals surface area contributed by atoms with E-state index in [1.54, 1.807) is 12.1 Å². The number of aromatic nitrogens is 2. The summed E-state index contributed by atoms with van der Waals surface area (Å²) in [6.07, 6.45) is 2.44. The molecule has 2 aromatic heterocycles. The number of Topliss-reactive ketones (excluding diaryl/α,β-unsaturated/α-hetero) is 1. The Bertz CT molecular complexity index is 1200. The van der Waals surface area contributed by atoms with Gasteiger partial charge in [0, 0.05) is 16.5 Å². The molecule has 140 valence electrons. The molecule has 0 saturated heterocycles. The van der Waals surface area contributed by atoms with Gasteiger partial charge in [0.25, 0.3) is 5.56 Å². The number of ketones is 1. The summed E-state index contributed by atoms with van der Waals surface area (Å²) in [6.45, 7) is 4.07. The Kier molecular flexibility index (Phi) is 4.92. The lowest BCUT2D eigenvalue weighted by molar-refractivity contribution is 0.0970. The molecular formula is C23H20N2O2S. The quantitative estimate of drug-likeness (QED) is 0.458. The molecule has 5 heteroatoms. The van der Waals surface area contributed by atoms with E-state index in [0.29, 0.717) is 15.8 Å². The Morgan fingerprint density at radius 3 is 2.46 bits per heavy atom. The van der Waals surface area contributed by atoms with Gasteiger partial charge in [-0.1, -0.05) is 61.0 Å². The fraction of sp³-hybridized carbons (Fsp3) is 0.174. The lowest BCUT2D eigenvalue weighted by atomic mass is 10.0. The number of benzene rings is 2. The molecule has 0 atom stereocenters. The van der Waals surface area contributed by atoms with Gasteiger partial charge in [-0.05, 0) is 24.5 Å². The predicted octanol–water partition coefficient (Wildman–Crippen LogP) is 4.88. The minimum absolute atomic E-state index is 0.0190. The van der Waals surface area contributed by atoms with Crippen molar-refractivity contribution in [3.63, 3.8) is 0 Å². The summed E-state index contributed by atoms with van der Waals surface area (Å²) in [4.78, 5) is 30.8. The maximum Gasteiger partial charge on any atom is 0.263 e. The Hall–Kier alpha value is -3.05. The predicted molar refractivity (Wildman–Crippen MR) is 114 cm³/mol. The van der Waals surface area contributed by atoms with Crippen LogP contribution in [-0.4, -0.2) is 15.3 Å². The molecule has 0 aliphatic heterocycles. The molecule has 0 bridgehead atoms. The summed E-state index contributed by atoms with van der Waals surface area (Å²) < 4.78 is 1.40. The van der Waals surface area contributed by atoms with Crippen LogP contribution in [0.2, 0.25) is 0 Å². The first-order chi connectivity index (χ1) is 13.6. The monoisotopic (exact) mass is 388 g/mol. The third kappa shape index (κ3) is 3.41. The van der Waals surface area contributed by atoms with Gasteiger partial charge in [0.2, 0.25) is 0 Å². The summed E-state index contributed by atoms with van der Waals surface area (Å²) in [7, 11) is 0. The van der Waals surface area contributed by atoms with Crippen molar-refractivity contribution in [2.75, 3.05) is 0 Å². The first-order valence-electron chi connectivity index (χ1n) is 9.22. The SMILES string of the molecule is CCc1ccc(-c2csc3ncn(CC(=O)c4ccc(C)cc4)c(=O)c23)cc1. The third-order valence-corrected chi connectivity index (χ3v) is 5.81. The molecule has 0 spiro atoms. The van der Waals surface area contributed by atoms with Crippen LogP contribution in [0.15, 0.2) is 65.0 Å². The summed E-state index contributed by atoms with van der Waals surface area (Å²) in [6, 6.07) is 15.6. The lowest BCUT2D eigenvalue weighted by Gasteiger charge is -2.07. The van der Waals surface area contributed by atoms with Gasteiger partial charge in [-0.2, -0.15) is 0 Å². The lowest BCUT2D eigenvalue weighted by Crippen LogP contribution is -2.24. The maximum atomic E-state index is 13.1. The van der Waals surface area contributed by atoms with Crippen molar-refractivity contribution in [3.05, 3.63) is 87.3 Å².